The van der Waals surface area contributed by atoms with Gasteiger partial charge in [-0.3, -0.25) is 9.10 Å². The number of sulfonamides is 1. The van der Waals surface area contributed by atoms with Gasteiger partial charge in [-0.25, -0.2) is 13.8 Å². The molecule has 0 aliphatic heterocycles. The molecule has 10 heteroatoms. The van der Waals surface area contributed by atoms with Crippen LogP contribution in [0.15, 0.2) is 82.8 Å². The van der Waals surface area contributed by atoms with E-state index in [1.165, 1.54) is 32.4 Å². The minimum absolute atomic E-state index is 0.0248. The predicted octanol–water partition coefficient (Wildman–Crippen LogP) is 3.84. The lowest BCUT2D eigenvalue weighted by Crippen LogP contribution is -2.40. The maximum atomic E-state index is 13.6. The molecule has 190 valence electrons. The summed E-state index contributed by atoms with van der Waals surface area (Å²) in [6, 6.07) is 19.8. The van der Waals surface area contributed by atoms with E-state index < -0.39 is 22.5 Å². The smallest absolute Gasteiger partial charge is 0.264 e. The molecule has 0 fully saturated rings. The predicted molar refractivity (Wildman–Crippen MR) is 138 cm³/mol. The zero-order chi connectivity index (χ0) is 26.1. The average molecular weight is 512 g/mol. The molecule has 0 saturated heterocycles. The van der Waals surface area contributed by atoms with Gasteiger partial charge in [0, 0.05) is 6.07 Å². The van der Waals surface area contributed by atoms with Gasteiger partial charge in [0.2, 0.25) is 0 Å². The van der Waals surface area contributed by atoms with Crippen LogP contribution in [0, 0.1) is 0 Å². The molecule has 0 aliphatic rings. The van der Waals surface area contributed by atoms with Crippen molar-refractivity contribution in [3.63, 3.8) is 0 Å². The van der Waals surface area contributed by atoms with Crippen molar-refractivity contribution in [3.8, 4) is 17.2 Å². The molecule has 0 radical (unpaired) electrons. The number of carbonyl (C=O) groups is 1. The van der Waals surface area contributed by atoms with Crippen LogP contribution in [0.5, 0.6) is 17.2 Å². The number of nitrogens with one attached hydrogen (secondary N) is 1. The van der Waals surface area contributed by atoms with Gasteiger partial charge in [0.15, 0.2) is 0 Å². The highest BCUT2D eigenvalue weighted by molar-refractivity contribution is 7.92. The van der Waals surface area contributed by atoms with Gasteiger partial charge in [-0.15, -0.1) is 0 Å². The Labute approximate surface area is 211 Å². The molecular formula is C26H29N3O6S. The number of benzene rings is 3. The Balaban J connectivity index is 1.91. The topological polar surface area (TPSA) is 107 Å². The van der Waals surface area contributed by atoms with Crippen LogP contribution < -0.4 is 23.9 Å². The summed E-state index contributed by atoms with van der Waals surface area (Å²) in [6.07, 6.45) is 0. The second-order valence-electron chi connectivity index (χ2n) is 7.55. The molecule has 0 aromatic heterocycles. The molecule has 0 heterocycles. The Morgan fingerprint density at radius 2 is 1.61 bits per heavy atom. The lowest BCUT2D eigenvalue weighted by molar-refractivity contribution is -0.119. The first-order valence-corrected chi connectivity index (χ1v) is 12.6. The molecule has 1 N–H and O–H groups in total. The Morgan fingerprint density at radius 3 is 2.22 bits per heavy atom. The molecule has 3 aromatic carbocycles. The number of amides is 1. The molecule has 0 aliphatic carbocycles. The van der Waals surface area contributed by atoms with Gasteiger partial charge >= 0.3 is 0 Å². The van der Waals surface area contributed by atoms with Crippen LogP contribution in [-0.2, 0) is 14.8 Å². The van der Waals surface area contributed by atoms with Crippen molar-refractivity contribution in [2.24, 2.45) is 5.10 Å². The van der Waals surface area contributed by atoms with Gasteiger partial charge in [0.05, 0.1) is 37.1 Å². The highest BCUT2D eigenvalue weighted by atomic mass is 32.2. The van der Waals surface area contributed by atoms with Crippen LogP contribution in [-0.4, -0.2) is 47.4 Å². The van der Waals surface area contributed by atoms with Crippen molar-refractivity contribution in [3.05, 3.63) is 78.4 Å². The van der Waals surface area contributed by atoms with E-state index in [-0.39, 0.29) is 16.3 Å². The third-order valence-electron chi connectivity index (χ3n) is 5.20. The number of anilines is 1. The van der Waals surface area contributed by atoms with Gasteiger partial charge in [-0.1, -0.05) is 18.2 Å². The number of carbonyl (C=O) groups excluding carboxylic acids is 1. The molecular weight excluding hydrogens is 482 g/mol. The minimum Gasteiger partial charge on any atom is -0.497 e. The number of ether oxygens (including phenoxy) is 3. The standard InChI is InChI=1S/C26H29N3O6S/c1-5-35-21-13-11-20(12-14-21)19(2)27-28-26(30)18-29(36(31,32)23-9-7-6-8-10-23)24-17-22(33-3)15-16-25(24)34-4/h6-17H,5,18H2,1-4H3,(H,28,30). The third kappa shape index (κ3) is 6.33. The molecule has 0 saturated carbocycles. The molecule has 0 atom stereocenters. The van der Waals surface area contributed by atoms with E-state index in [4.69, 9.17) is 14.2 Å². The van der Waals surface area contributed by atoms with Gasteiger partial charge in [-0.05, 0) is 67.9 Å². The SMILES string of the molecule is CCOc1ccc(C(C)=NNC(=O)CN(c2cc(OC)ccc2OC)S(=O)(=O)c2ccccc2)cc1. The Hall–Kier alpha value is -4.05. The lowest BCUT2D eigenvalue weighted by Gasteiger charge is -2.25. The summed E-state index contributed by atoms with van der Waals surface area (Å²) in [5, 5.41) is 4.15. The summed E-state index contributed by atoms with van der Waals surface area (Å²) in [5.41, 5.74) is 3.93. The monoisotopic (exact) mass is 511 g/mol. The Kier molecular flexibility index (Phi) is 8.91. The second-order valence-corrected chi connectivity index (χ2v) is 9.41. The van der Waals surface area contributed by atoms with Crippen molar-refractivity contribution in [2.45, 2.75) is 18.7 Å². The molecule has 0 bridgehead atoms. The van der Waals surface area contributed by atoms with E-state index in [0.29, 0.717) is 18.1 Å². The molecule has 36 heavy (non-hydrogen) atoms. The van der Waals surface area contributed by atoms with E-state index in [1.54, 1.807) is 37.3 Å². The summed E-state index contributed by atoms with van der Waals surface area (Å²) in [6.45, 7) is 3.65. The van der Waals surface area contributed by atoms with E-state index in [0.717, 1.165) is 15.6 Å². The number of rotatable bonds is 11. The molecule has 3 rings (SSSR count). The maximum Gasteiger partial charge on any atom is 0.264 e. The van der Waals surface area contributed by atoms with Gasteiger partial charge in [0.25, 0.3) is 15.9 Å². The maximum absolute atomic E-state index is 13.6. The fourth-order valence-electron chi connectivity index (χ4n) is 3.35. The zero-order valence-electron chi connectivity index (χ0n) is 20.6. The van der Waals surface area contributed by atoms with Crippen LogP contribution >= 0.6 is 0 Å². The average Bonchev–Trinajstić information content (AvgIpc) is 2.91. The van der Waals surface area contributed by atoms with Crippen molar-refractivity contribution < 1.29 is 27.4 Å². The number of methoxy groups -OCH3 is 2. The highest BCUT2D eigenvalue weighted by Crippen LogP contribution is 2.35. The number of nitrogens with zero attached hydrogens (tertiary/aromatic N) is 2. The Bertz CT molecular complexity index is 1310. The van der Waals surface area contributed by atoms with Crippen LogP contribution in [0.4, 0.5) is 5.69 Å². The minimum atomic E-state index is -4.13. The molecule has 0 unspecified atom stereocenters. The second kappa shape index (κ2) is 12.1. The largest absolute Gasteiger partial charge is 0.497 e. The third-order valence-corrected chi connectivity index (χ3v) is 6.98. The van der Waals surface area contributed by atoms with E-state index in [9.17, 15) is 13.2 Å². The first-order chi connectivity index (χ1) is 17.3. The van der Waals surface area contributed by atoms with Crippen LogP contribution in [0.1, 0.15) is 19.4 Å². The molecule has 3 aromatic rings. The van der Waals surface area contributed by atoms with Crippen LogP contribution in [0.25, 0.3) is 0 Å². The number of hydrazone groups is 1. The fraction of sp³-hybridized carbons (Fsp3) is 0.231. The summed E-state index contributed by atoms with van der Waals surface area (Å²) in [4.78, 5) is 12.9. The summed E-state index contributed by atoms with van der Waals surface area (Å²) >= 11 is 0. The molecule has 1 amide bonds. The van der Waals surface area contributed by atoms with E-state index >= 15 is 0 Å². The quantitative estimate of drug-likeness (QED) is 0.310. The van der Waals surface area contributed by atoms with Crippen molar-refractivity contribution in [1.82, 2.24) is 5.43 Å². The van der Waals surface area contributed by atoms with Gasteiger partial charge < -0.3 is 14.2 Å². The summed E-state index contributed by atoms with van der Waals surface area (Å²) < 4.78 is 44.2. The highest BCUT2D eigenvalue weighted by Gasteiger charge is 2.30. The summed E-state index contributed by atoms with van der Waals surface area (Å²) in [7, 11) is -1.25. The Morgan fingerprint density at radius 1 is 0.944 bits per heavy atom. The summed E-state index contributed by atoms with van der Waals surface area (Å²) in [5.74, 6) is 0.762. The zero-order valence-corrected chi connectivity index (χ0v) is 21.4. The number of hydrogen-bond acceptors (Lipinski definition) is 7. The van der Waals surface area contributed by atoms with Crippen LogP contribution in [0.3, 0.4) is 0 Å². The lowest BCUT2D eigenvalue weighted by atomic mass is 10.1. The van der Waals surface area contributed by atoms with Crippen molar-refractivity contribution in [1.29, 1.82) is 0 Å². The number of hydrogen-bond donors (Lipinski definition) is 1. The first-order valence-electron chi connectivity index (χ1n) is 11.2. The normalized spacial score (nSPS) is 11.5. The van der Waals surface area contributed by atoms with Crippen LogP contribution in [0.2, 0.25) is 0 Å². The van der Waals surface area contributed by atoms with Gasteiger partial charge in [0.1, 0.15) is 23.8 Å². The molecule has 0 spiro atoms. The van der Waals surface area contributed by atoms with E-state index in [2.05, 4.69) is 10.5 Å². The van der Waals surface area contributed by atoms with Crippen molar-refractivity contribution >= 4 is 27.3 Å². The van der Waals surface area contributed by atoms with E-state index in [1.807, 2.05) is 31.2 Å². The molecule has 9 nitrogen and oxygen atoms in total. The first kappa shape index (κ1) is 26.6. The fourth-order valence-corrected chi connectivity index (χ4v) is 4.79. The van der Waals surface area contributed by atoms with Crippen molar-refractivity contribution in [2.75, 3.05) is 31.7 Å². The van der Waals surface area contributed by atoms with Gasteiger partial charge in [-0.2, -0.15) is 5.10 Å².